The van der Waals surface area contributed by atoms with Crippen molar-refractivity contribution in [3.63, 3.8) is 0 Å². The lowest BCUT2D eigenvalue weighted by atomic mass is 9.45. The molecule has 0 aromatic rings. The summed E-state index contributed by atoms with van der Waals surface area (Å²) in [6.07, 6.45) is 17.0. The van der Waals surface area contributed by atoms with Crippen molar-refractivity contribution < 1.29 is 0 Å². The van der Waals surface area contributed by atoms with Crippen LogP contribution in [0.4, 0.5) is 0 Å². The molecule has 7 atom stereocenters. The summed E-state index contributed by atoms with van der Waals surface area (Å²) in [5.41, 5.74) is 1.45. The molecular weight excluding hydrogens is 252 g/mol. The zero-order valence-corrected chi connectivity index (χ0v) is 14.7. The molecular formula is C21H36. The van der Waals surface area contributed by atoms with Crippen molar-refractivity contribution in [3.8, 4) is 0 Å². The molecule has 4 rings (SSSR count). The maximum atomic E-state index is 2.71. The van der Waals surface area contributed by atoms with Gasteiger partial charge in [-0.15, -0.1) is 0 Å². The van der Waals surface area contributed by atoms with Crippen molar-refractivity contribution in [2.75, 3.05) is 0 Å². The van der Waals surface area contributed by atoms with Crippen molar-refractivity contribution in [2.45, 2.75) is 91.4 Å². The van der Waals surface area contributed by atoms with Gasteiger partial charge in [-0.1, -0.05) is 40.0 Å². The molecule has 0 spiro atoms. The minimum atomic E-state index is 0.716. The van der Waals surface area contributed by atoms with Crippen molar-refractivity contribution in [1.29, 1.82) is 0 Å². The molecule has 4 aliphatic carbocycles. The Kier molecular flexibility index (Phi) is 3.47. The van der Waals surface area contributed by atoms with Gasteiger partial charge in [0.15, 0.2) is 0 Å². The third-order valence-corrected chi connectivity index (χ3v) is 9.27. The maximum absolute atomic E-state index is 2.71. The topological polar surface area (TPSA) is 0 Å². The molecule has 0 heteroatoms. The molecule has 4 aliphatic rings. The highest BCUT2D eigenvalue weighted by atomic mass is 14.6. The standard InChI is InChI=1S/C21H36/c1-4-15-9-11-18-17-10-8-16-7-5-6-13-20(16,2)19(17)12-14-21(15,18)3/h15-19H,4-14H2,1-3H3/t15-,16?,17?,18?,19?,20-,21+/m0/s1. The number of fused-ring (bicyclic) bond motifs is 5. The first-order chi connectivity index (χ1) is 10.1. The van der Waals surface area contributed by atoms with Gasteiger partial charge in [0.2, 0.25) is 0 Å². The fourth-order valence-corrected chi connectivity index (χ4v) is 8.07. The summed E-state index contributed by atoms with van der Waals surface area (Å²) >= 11 is 0. The van der Waals surface area contributed by atoms with Crippen LogP contribution in [0.25, 0.3) is 0 Å². The first-order valence-corrected chi connectivity index (χ1v) is 10.1. The van der Waals surface area contributed by atoms with Gasteiger partial charge in [0.05, 0.1) is 0 Å². The fraction of sp³-hybridized carbons (Fsp3) is 1.00. The highest BCUT2D eigenvalue weighted by Crippen LogP contribution is 2.67. The van der Waals surface area contributed by atoms with Gasteiger partial charge in [0, 0.05) is 0 Å². The Labute approximate surface area is 132 Å². The zero-order chi connectivity index (χ0) is 14.7. The van der Waals surface area contributed by atoms with E-state index in [1.165, 1.54) is 19.3 Å². The van der Waals surface area contributed by atoms with Gasteiger partial charge in [-0.3, -0.25) is 0 Å². The van der Waals surface area contributed by atoms with E-state index in [0.29, 0.717) is 5.41 Å². The van der Waals surface area contributed by atoms with E-state index >= 15 is 0 Å². The maximum Gasteiger partial charge on any atom is -0.0266 e. The number of hydrogen-bond acceptors (Lipinski definition) is 0. The van der Waals surface area contributed by atoms with E-state index in [4.69, 9.17) is 0 Å². The Morgan fingerprint density at radius 2 is 1.57 bits per heavy atom. The second-order valence-corrected chi connectivity index (χ2v) is 9.63. The predicted molar refractivity (Wildman–Crippen MR) is 90.1 cm³/mol. The SMILES string of the molecule is CC[C@H]1CCC2C3CCC4CCCC[C@]4(C)C3CC[C@@]21C. The number of rotatable bonds is 1. The Morgan fingerprint density at radius 1 is 0.762 bits per heavy atom. The molecule has 0 aliphatic heterocycles. The largest absolute Gasteiger partial charge is 0.0651 e. The Hall–Kier alpha value is 0. The Balaban J connectivity index is 1.62. The van der Waals surface area contributed by atoms with Crippen molar-refractivity contribution in [1.82, 2.24) is 0 Å². The van der Waals surface area contributed by atoms with E-state index in [9.17, 15) is 0 Å². The van der Waals surface area contributed by atoms with Crippen LogP contribution < -0.4 is 0 Å². The lowest BCUT2D eigenvalue weighted by Gasteiger charge is -2.60. The van der Waals surface area contributed by atoms with Crippen LogP contribution in [0, 0.1) is 40.4 Å². The molecule has 4 unspecified atom stereocenters. The molecule has 0 N–H and O–H groups in total. The zero-order valence-electron chi connectivity index (χ0n) is 14.7. The molecule has 120 valence electrons. The van der Waals surface area contributed by atoms with E-state index in [2.05, 4.69) is 20.8 Å². The first kappa shape index (κ1) is 14.6. The van der Waals surface area contributed by atoms with Crippen LogP contribution in [-0.4, -0.2) is 0 Å². The van der Waals surface area contributed by atoms with Crippen LogP contribution >= 0.6 is 0 Å². The van der Waals surface area contributed by atoms with Gasteiger partial charge in [-0.25, -0.2) is 0 Å². The van der Waals surface area contributed by atoms with Crippen LogP contribution in [0.1, 0.15) is 91.4 Å². The van der Waals surface area contributed by atoms with Crippen molar-refractivity contribution in [2.24, 2.45) is 40.4 Å². The summed E-state index contributed by atoms with van der Waals surface area (Å²) in [5.74, 6) is 5.39. The summed E-state index contributed by atoms with van der Waals surface area (Å²) in [5, 5.41) is 0. The quantitative estimate of drug-likeness (QED) is 0.520. The molecule has 0 amide bonds. The van der Waals surface area contributed by atoms with Gasteiger partial charge < -0.3 is 0 Å². The van der Waals surface area contributed by atoms with Gasteiger partial charge in [0.1, 0.15) is 0 Å². The number of hydrogen-bond donors (Lipinski definition) is 0. The van der Waals surface area contributed by atoms with Crippen LogP contribution in [0.3, 0.4) is 0 Å². The molecule has 4 fully saturated rings. The molecule has 0 saturated heterocycles. The molecule has 0 heterocycles. The second kappa shape index (κ2) is 5.00. The van der Waals surface area contributed by atoms with Crippen LogP contribution in [-0.2, 0) is 0 Å². The van der Waals surface area contributed by atoms with Gasteiger partial charge >= 0.3 is 0 Å². The minimum absolute atomic E-state index is 0.716. The lowest BCUT2D eigenvalue weighted by molar-refractivity contribution is -0.110. The third-order valence-electron chi connectivity index (χ3n) is 9.27. The monoisotopic (exact) mass is 288 g/mol. The smallest absolute Gasteiger partial charge is 0.0266 e. The summed E-state index contributed by atoms with van der Waals surface area (Å²) in [6.45, 7) is 7.84. The molecule has 0 aromatic carbocycles. The molecule has 0 aromatic heterocycles. The van der Waals surface area contributed by atoms with Crippen LogP contribution in [0.2, 0.25) is 0 Å². The van der Waals surface area contributed by atoms with Gasteiger partial charge in [-0.2, -0.15) is 0 Å². The van der Waals surface area contributed by atoms with E-state index in [1.54, 1.807) is 51.4 Å². The summed E-state index contributed by atoms with van der Waals surface area (Å²) in [6, 6.07) is 0. The average Bonchev–Trinajstić information content (AvgIpc) is 2.83. The first-order valence-electron chi connectivity index (χ1n) is 10.1. The highest BCUT2D eigenvalue weighted by molar-refractivity contribution is 5.08. The lowest BCUT2D eigenvalue weighted by Crippen LogP contribution is -2.52. The Morgan fingerprint density at radius 3 is 2.38 bits per heavy atom. The van der Waals surface area contributed by atoms with Crippen molar-refractivity contribution >= 4 is 0 Å². The molecule has 4 saturated carbocycles. The van der Waals surface area contributed by atoms with Crippen molar-refractivity contribution in [3.05, 3.63) is 0 Å². The summed E-state index contributed by atoms with van der Waals surface area (Å²) in [4.78, 5) is 0. The summed E-state index contributed by atoms with van der Waals surface area (Å²) < 4.78 is 0. The molecule has 21 heavy (non-hydrogen) atoms. The average molecular weight is 289 g/mol. The van der Waals surface area contributed by atoms with E-state index in [-0.39, 0.29) is 0 Å². The van der Waals surface area contributed by atoms with E-state index < -0.39 is 0 Å². The van der Waals surface area contributed by atoms with Gasteiger partial charge in [0.25, 0.3) is 0 Å². The van der Waals surface area contributed by atoms with Crippen LogP contribution in [0.5, 0.6) is 0 Å². The Bertz CT molecular complexity index is 399. The highest BCUT2D eigenvalue weighted by Gasteiger charge is 2.59. The predicted octanol–water partition coefficient (Wildman–Crippen LogP) is 6.45. The minimum Gasteiger partial charge on any atom is -0.0651 e. The van der Waals surface area contributed by atoms with E-state index in [0.717, 1.165) is 35.0 Å². The van der Waals surface area contributed by atoms with Crippen LogP contribution in [0.15, 0.2) is 0 Å². The van der Waals surface area contributed by atoms with Gasteiger partial charge in [-0.05, 0) is 91.8 Å². The fourth-order valence-electron chi connectivity index (χ4n) is 8.07. The second-order valence-electron chi connectivity index (χ2n) is 9.63. The van der Waals surface area contributed by atoms with E-state index in [1.807, 2.05) is 0 Å². The normalized spacial score (nSPS) is 56.4. The molecule has 0 nitrogen and oxygen atoms in total. The third kappa shape index (κ3) is 1.93. The molecule has 0 radical (unpaired) electrons. The molecule has 0 bridgehead atoms. The summed E-state index contributed by atoms with van der Waals surface area (Å²) in [7, 11) is 0.